The molecule has 3 rings (SSSR count). The molecule has 0 saturated carbocycles. The third kappa shape index (κ3) is 3.42. The van der Waals surface area contributed by atoms with Crippen LogP contribution in [0.2, 0.25) is 0 Å². The summed E-state index contributed by atoms with van der Waals surface area (Å²) in [5.74, 6) is 0.806. The van der Waals surface area contributed by atoms with Crippen molar-refractivity contribution in [3.8, 4) is 5.75 Å². The SMILES string of the molecule is CC1(C)Cc2cc(CNCc3cccc(F)c3)ccc2O1. The Labute approximate surface area is 125 Å². The first kappa shape index (κ1) is 14.1. The zero-order chi connectivity index (χ0) is 14.9. The standard InChI is InChI=1S/C18H20FNO/c1-18(2)10-15-8-14(6-7-17(15)21-18)12-20-11-13-4-3-5-16(19)9-13/h3-9,20H,10-12H2,1-2H3. The maximum Gasteiger partial charge on any atom is 0.123 e. The van der Waals surface area contributed by atoms with Gasteiger partial charge >= 0.3 is 0 Å². The number of hydrogen-bond donors (Lipinski definition) is 1. The van der Waals surface area contributed by atoms with Crippen molar-refractivity contribution in [3.63, 3.8) is 0 Å². The van der Waals surface area contributed by atoms with E-state index in [4.69, 9.17) is 4.74 Å². The highest BCUT2D eigenvalue weighted by molar-refractivity contribution is 5.41. The molecule has 0 radical (unpaired) electrons. The zero-order valence-electron chi connectivity index (χ0n) is 12.4. The van der Waals surface area contributed by atoms with Gasteiger partial charge in [0.25, 0.3) is 0 Å². The smallest absolute Gasteiger partial charge is 0.123 e. The van der Waals surface area contributed by atoms with Crippen LogP contribution in [-0.4, -0.2) is 5.60 Å². The molecule has 2 nitrogen and oxygen atoms in total. The van der Waals surface area contributed by atoms with Gasteiger partial charge in [0.15, 0.2) is 0 Å². The Morgan fingerprint density at radius 1 is 1.10 bits per heavy atom. The fourth-order valence-electron chi connectivity index (χ4n) is 2.77. The molecule has 0 bridgehead atoms. The van der Waals surface area contributed by atoms with E-state index in [1.165, 1.54) is 17.2 Å². The minimum Gasteiger partial charge on any atom is -0.487 e. The van der Waals surface area contributed by atoms with Crippen LogP contribution in [0.4, 0.5) is 4.39 Å². The predicted molar refractivity (Wildman–Crippen MR) is 81.8 cm³/mol. The van der Waals surface area contributed by atoms with E-state index in [9.17, 15) is 4.39 Å². The van der Waals surface area contributed by atoms with Gasteiger partial charge in [-0.2, -0.15) is 0 Å². The summed E-state index contributed by atoms with van der Waals surface area (Å²) in [5.41, 5.74) is 3.35. The minimum atomic E-state index is -0.189. The van der Waals surface area contributed by atoms with Gasteiger partial charge in [-0.3, -0.25) is 0 Å². The number of halogens is 1. The van der Waals surface area contributed by atoms with Crippen molar-refractivity contribution >= 4 is 0 Å². The van der Waals surface area contributed by atoms with Crippen LogP contribution < -0.4 is 10.1 Å². The van der Waals surface area contributed by atoms with Crippen molar-refractivity contribution in [1.29, 1.82) is 0 Å². The zero-order valence-corrected chi connectivity index (χ0v) is 12.4. The van der Waals surface area contributed by atoms with E-state index in [1.54, 1.807) is 12.1 Å². The van der Waals surface area contributed by atoms with E-state index >= 15 is 0 Å². The molecule has 0 saturated heterocycles. The number of nitrogens with one attached hydrogen (secondary N) is 1. The van der Waals surface area contributed by atoms with Crippen LogP contribution in [0.5, 0.6) is 5.75 Å². The van der Waals surface area contributed by atoms with Crippen LogP contribution in [0, 0.1) is 5.82 Å². The highest BCUT2D eigenvalue weighted by Crippen LogP contribution is 2.35. The largest absolute Gasteiger partial charge is 0.487 e. The Balaban J connectivity index is 1.60. The molecule has 21 heavy (non-hydrogen) atoms. The Bertz CT molecular complexity index is 651. The van der Waals surface area contributed by atoms with Crippen LogP contribution in [0.25, 0.3) is 0 Å². The van der Waals surface area contributed by atoms with Gasteiger partial charge in [0.2, 0.25) is 0 Å². The van der Waals surface area contributed by atoms with Crippen molar-refractivity contribution in [3.05, 3.63) is 65.0 Å². The monoisotopic (exact) mass is 285 g/mol. The maximum atomic E-state index is 13.1. The molecule has 0 spiro atoms. The molecule has 0 amide bonds. The van der Waals surface area contributed by atoms with Gasteiger partial charge in [0, 0.05) is 19.5 Å². The topological polar surface area (TPSA) is 21.3 Å². The molecule has 1 aliphatic heterocycles. The Morgan fingerprint density at radius 2 is 1.86 bits per heavy atom. The molecule has 110 valence electrons. The minimum absolute atomic E-state index is 0.101. The molecule has 0 fully saturated rings. The fourth-order valence-corrected chi connectivity index (χ4v) is 2.77. The van der Waals surface area contributed by atoms with Crippen LogP contribution in [-0.2, 0) is 19.5 Å². The van der Waals surface area contributed by atoms with E-state index in [0.29, 0.717) is 6.54 Å². The van der Waals surface area contributed by atoms with E-state index in [1.807, 2.05) is 12.1 Å². The van der Waals surface area contributed by atoms with Gasteiger partial charge in [-0.05, 0) is 48.7 Å². The maximum absolute atomic E-state index is 13.1. The summed E-state index contributed by atoms with van der Waals surface area (Å²) in [4.78, 5) is 0. The fraction of sp³-hybridized carbons (Fsp3) is 0.333. The third-order valence-electron chi connectivity index (χ3n) is 3.67. The van der Waals surface area contributed by atoms with E-state index in [2.05, 4.69) is 31.3 Å². The average molecular weight is 285 g/mol. The first-order chi connectivity index (χ1) is 10.0. The molecule has 2 aromatic carbocycles. The molecule has 0 aliphatic carbocycles. The van der Waals surface area contributed by atoms with Gasteiger partial charge < -0.3 is 10.1 Å². The van der Waals surface area contributed by atoms with Crippen molar-refractivity contribution in [1.82, 2.24) is 5.32 Å². The van der Waals surface area contributed by atoms with Crippen molar-refractivity contribution in [2.75, 3.05) is 0 Å². The number of rotatable bonds is 4. The second-order valence-corrected chi connectivity index (χ2v) is 6.21. The first-order valence-electron chi connectivity index (χ1n) is 7.28. The molecular weight excluding hydrogens is 265 g/mol. The lowest BCUT2D eigenvalue weighted by Gasteiger charge is -2.16. The lowest BCUT2D eigenvalue weighted by Crippen LogP contribution is -2.24. The first-order valence-corrected chi connectivity index (χ1v) is 7.28. The normalized spacial score (nSPS) is 15.6. The number of ether oxygens (including phenoxy) is 1. The molecule has 3 heteroatoms. The van der Waals surface area contributed by atoms with E-state index < -0.39 is 0 Å². The molecule has 1 aliphatic rings. The number of fused-ring (bicyclic) bond motifs is 1. The van der Waals surface area contributed by atoms with Gasteiger partial charge in [0.05, 0.1) is 0 Å². The average Bonchev–Trinajstić information content (AvgIpc) is 2.72. The quantitative estimate of drug-likeness (QED) is 0.922. The Hall–Kier alpha value is -1.87. The summed E-state index contributed by atoms with van der Waals surface area (Å²) in [7, 11) is 0. The number of benzene rings is 2. The van der Waals surface area contributed by atoms with Gasteiger partial charge in [-0.25, -0.2) is 4.39 Å². The van der Waals surface area contributed by atoms with E-state index in [-0.39, 0.29) is 11.4 Å². The highest BCUT2D eigenvalue weighted by Gasteiger charge is 2.29. The molecule has 2 aromatic rings. The summed E-state index contributed by atoms with van der Waals surface area (Å²) >= 11 is 0. The molecule has 0 atom stereocenters. The predicted octanol–water partition coefficient (Wildman–Crippen LogP) is 3.83. The molecule has 1 heterocycles. The Kier molecular flexibility index (Phi) is 3.68. The molecule has 0 aromatic heterocycles. The lowest BCUT2D eigenvalue weighted by atomic mass is 10.0. The lowest BCUT2D eigenvalue weighted by molar-refractivity contribution is 0.138. The third-order valence-corrected chi connectivity index (χ3v) is 3.67. The van der Waals surface area contributed by atoms with Crippen LogP contribution >= 0.6 is 0 Å². The summed E-state index contributed by atoms with van der Waals surface area (Å²) < 4.78 is 19.0. The van der Waals surface area contributed by atoms with Crippen LogP contribution in [0.1, 0.15) is 30.5 Å². The summed E-state index contributed by atoms with van der Waals surface area (Å²) in [5, 5.41) is 3.35. The van der Waals surface area contributed by atoms with Crippen LogP contribution in [0.3, 0.4) is 0 Å². The summed E-state index contributed by atoms with van der Waals surface area (Å²) in [6.45, 7) is 5.64. The van der Waals surface area contributed by atoms with Gasteiger partial charge in [0.1, 0.15) is 17.2 Å². The van der Waals surface area contributed by atoms with Crippen molar-refractivity contribution < 1.29 is 9.13 Å². The molecular formula is C18H20FNO. The summed E-state index contributed by atoms with van der Waals surface area (Å²) in [6.07, 6.45) is 0.945. The van der Waals surface area contributed by atoms with Gasteiger partial charge in [-0.15, -0.1) is 0 Å². The highest BCUT2D eigenvalue weighted by atomic mass is 19.1. The van der Waals surface area contributed by atoms with Crippen LogP contribution in [0.15, 0.2) is 42.5 Å². The molecule has 0 unspecified atom stereocenters. The van der Waals surface area contributed by atoms with E-state index in [0.717, 1.165) is 24.3 Å². The summed E-state index contributed by atoms with van der Waals surface area (Å²) in [6, 6.07) is 13.0. The number of hydrogen-bond acceptors (Lipinski definition) is 2. The second kappa shape index (κ2) is 5.49. The molecule has 1 N–H and O–H groups in total. The van der Waals surface area contributed by atoms with Gasteiger partial charge in [-0.1, -0.05) is 24.3 Å². The van der Waals surface area contributed by atoms with Crippen molar-refractivity contribution in [2.45, 2.75) is 39.0 Å². The second-order valence-electron chi connectivity index (χ2n) is 6.21. The Morgan fingerprint density at radius 3 is 2.62 bits per heavy atom. The van der Waals surface area contributed by atoms with Crippen molar-refractivity contribution in [2.24, 2.45) is 0 Å².